The van der Waals surface area contributed by atoms with E-state index in [2.05, 4.69) is 53.2 Å². The number of nitrogens with one attached hydrogen (secondary N) is 1. The maximum absolute atomic E-state index is 13.1. The smallest absolute Gasteiger partial charge is 0.253 e. The summed E-state index contributed by atoms with van der Waals surface area (Å²) in [5.41, 5.74) is 0.991. The standard InChI is InChI=1S/C28H33ClN6O3/c1-27(2)25(28(3,4)26(27)38-20-11-12-22(30-5)21(29)15-20)32-24(37)18-10-13-23(31-16-18)35-17-19(33-34-35)9-7-6-8-14-36/h10-13,15-17,25-26,36H,6-9,14H2,1-4H3,(H,32,37). The molecule has 3 aromatic rings. The molecule has 0 spiro atoms. The normalized spacial score (nSPS) is 19.3. The minimum atomic E-state index is -0.355. The third-order valence-electron chi connectivity index (χ3n) is 7.29. The number of halogens is 1. The molecule has 1 aliphatic rings. The second-order valence-corrected chi connectivity index (χ2v) is 11.3. The summed E-state index contributed by atoms with van der Waals surface area (Å²) in [6.07, 6.45) is 6.66. The van der Waals surface area contributed by atoms with E-state index in [4.69, 9.17) is 28.0 Å². The Morgan fingerprint density at radius 3 is 2.58 bits per heavy atom. The third kappa shape index (κ3) is 5.52. The van der Waals surface area contributed by atoms with Crippen LogP contribution in [0, 0.1) is 17.4 Å². The monoisotopic (exact) mass is 536 g/mol. The van der Waals surface area contributed by atoms with Crippen molar-refractivity contribution in [2.45, 2.75) is 65.5 Å². The summed E-state index contributed by atoms with van der Waals surface area (Å²) < 4.78 is 7.90. The summed E-state index contributed by atoms with van der Waals surface area (Å²) in [5, 5.41) is 20.8. The molecule has 200 valence electrons. The highest BCUT2D eigenvalue weighted by atomic mass is 35.5. The van der Waals surface area contributed by atoms with Crippen molar-refractivity contribution in [1.82, 2.24) is 25.3 Å². The molecule has 1 aliphatic carbocycles. The zero-order valence-electron chi connectivity index (χ0n) is 22.1. The SMILES string of the molecule is [C-]#[N+]c1ccc(OC2C(C)(C)C(NC(=O)c3ccc(-n4cc(CCCCCO)nn4)nc3)C2(C)C)cc1Cl. The average molecular weight is 537 g/mol. The number of nitrogens with zero attached hydrogens (tertiary/aromatic N) is 5. The van der Waals surface area contributed by atoms with Crippen molar-refractivity contribution in [1.29, 1.82) is 0 Å². The van der Waals surface area contributed by atoms with E-state index < -0.39 is 0 Å². The molecule has 4 rings (SSSR count). The Kier molecular flexibility index (Phi) is 8.05. The van der Waals surface area contributed by atoms with E-state index in [-0.39, 0.29) is 35.5 Å². The number of ether oxygens (including phenoxy) is 1. The first-order chi connectivity index (χ1) is 18.1. The number of aliphatic hydroxyl groups is 1. The summed E-state index contributed by atoms with van der Waals surface area (Å²) in [5.74, 6) is 0.970. The summed E-state index contributed by atoms with van der Waals surface area (Å²) in [4.78, 5) is 20.9. The lowest BCUT2D eigenvalue weighted by Gasteiger charge is -2.63. The number of aryl methyl sites for hydroxylation is 1. The molecule has 2 aromatic heterocycles. The van der Waals surface area contributed by atoms with Crippen molar-refractivity contribution in [3.05, 3.63) is 70.4 Å². The van der Waals surface area contributed by atoms with E-state index in [0.717, 1.165) is 31.4 Å². The molecule has 1 aromatic carbocycles. The number of amides is 1. The predicted octanol–water partition coefficient (Wildman–Crippen LogP) is 5.18. The van der Waals surface area contributed by atoms with Crippen molar-refractivity contribution in [3.8, 4) is 11.6 Å². The van der Waals surface area contributed by atoms with Crippen LogP contribution in [0.2, 0.25) is 5.02 Å². The van der Waals surface area contributed by atoms with Crippen molar-refractivity contribution >= 4 is 23.2 Å². The Morgan fingerprint density at radius 2 is 1.95 bits per heavy atom. The van der Waals surface area contributed by atoms with Gasteiger partial charge in [0.1, 0.15) is 11.9 Å². The van der Waals surface area contributed by atoms with Gasteiger partial charge < -0.3 is 15.2 Å². The van der Waals surface area contributed by atoms with E-state index in [0.29, 0.717) is 27.8 Å². The summed E-state index contributed by atoms with van der Waals surface area (Å²) in [6, 6.07) is 8.40. The topological polar surface area (TPSA) is 107 Å². The first-order valence-corrected chi connectivity index (χ1v) is 13.1. The van der Waals surface area contributed by atoms with Crippen molar-refractivity contribution < 1.29 is 14.6 Å². The molecule has 0 atom stereocenters. The van der Waals surface area contributed by atoms with Gasteiger partial charge in [0.25, 0.3) is 5.91 Å². The summed E-state index contributed by atoms with van der Waals surface area (Å²) in [6.45, 7) is 15.6. The average Bonchev–Trinajstić information content (AvgIpc) is 3.37. The molecule has 0 saturated heterocycles. The quantitative estimate of drug-likeness (QED) is 0.273. The first kappa shape index (κ1) is 27.6. The second kappa shape index (κ2) is 11.1. The fraction of sp³-hybridized carbons (Fsp3) is 0.464. The summed E-state index contributed by atoms with van der Waals surface area (Å²) in [7, 11) is 0. The van der Waals surface area contributed by atoms with Gasteiger partial charge in [-0.2, -0.15) is 0 Å². The second-order valence-electron chi connectivity index (χ2n) is 10.9. The van der Waals surface area contributed by atoms with E-state index in [1.165, 1.54) is 0 Å². The van der Waals surface area contributed by atoms with Gasteiger partial charge in [0, 0.05) is 29.7 Å². The third-order valence-corrected chi connectivity index (χ3v) is 7.59. The molecule has 10 heteroatoms. The van der Waals surface area contributed by atoms with Crippen LogP contribution in [0.15, 0.2) is 42.7 Å². The molecule has 9 nitrogen and oxygen atoms in total. The maximum Gasteiger partial charge on any atom is 0.253 e. The highest BCUT2D eigenvalue weighted by Gasteiger charge is 2.64. The van der Waals surface area contributed by atoms with Gasteiger partial charge in [-0.15, -0.1) is 5.10 Å². The molecule has 0 radical (unpaired) electrons. The van der Waals surface area contributed by atoms with Crippen LogP contribution in [0.1, 0.15) is 63.0 Å². The molecule has 1 fully saturated rings. The maximum atomic E-state index is 13.1. The van der Waals surface area contributed by atoms with Gasteiger partial charge in [-0.05, 0) is 43.5 Å². The number of aromatic nitrogens is 4. The molecule has 1 saturated carbocycles. The Balaban J connectivity index is 1.39. The van der Waals surface area contributed by atoms with Crippen LogP contribution in [0.4, 0.5) is 5.69 Å². The number of benzene rings is 1. The van der Waals surface area contributed by atoms with E-state index >= 15 is 0 Å². The van der Waals surface area contributed by atoms with Gasteiger partial charge in [0.2, 0.25) is 5.69 Å². The number of hydrogen-bond acceptors (Lipinski definition) is 6. The molecular weight excluding hydrogens is 504 g/mol. The van der Waals surface area contributed by atoms with Crippen molar-refractivity contribution in [2.24, 2.45) is 10.8 Å². The molecule has 0 unspecified atom stereocenters. The van der Waals surface area contributed by atoms with Crippen LogP contribution in [0.25, 0.3) is 10.7 Å². The van der Waals surface area contributed by atoms with Crippen LogP contribution >= 0.6 is 11.6 Å². The summed E-state index contributed by atoms with van der Waals surface area (Å²) >= 11 is 6.19. The van der Waals surface area contributed by atoms with Crippen molar-refractivity contribution in [3.63, 3.8) is 0 Å². The van der Waals surface area contributed by atoms with Gasteiger partial charge >= 0.3 is 0 Å². The molecule has 2 heterocycles. The van der Waals surface area contributed by atoms with Crippen LogP contribution in [-0.4, -0.2) is 49.7 Å². The molecular formula is C28H33ClN6O3. The number of pyridine rings is 1. The number of aliphatic hydroxyl groups excluding tert-OH is 1. The molecule has 1 amide bonds. The molecule has 0 aliphatic heterocycles. The van der Waals surface area contributed by atoms with Crippen LogP contribution < -0.4 is 10.1 Å². The van der Waals surface area contributed by atoms with Gasteiger partial charge in [-0.1, -0.05) is 57.0 Å². The number of carbonyl (C=O) groups is 1. The highest BCUT2D eigenvalue weighted by Crippen LogP contribution is 2.55. The van der Waals surface area contributed by atoms with Crippen molar-refractivity contribution in [2.75, 3.05) is 6.61 Å². The van der Waals surface area contributed by atoms with Gasteiger partial charge in [0.15, 0.2) is 5.82 Å². The number of carbonyl (C=O) groups excluding carboxylic acids is 1. The van der Waals surface area contributed by atoms with Crippen LogP contribution in [0.3, 0.4) is 0 Å². The van der Waals surface area contributed by atoms with Gasteiger partial charge in [-0.25, -0.2) is 14.5 Å². The lowest BCUT2D eigenvalue weighted by atomic mass is 9.49. The number of rotatable bonds is 10. The zero-order valence-corrected chi connectivity index (χ0v) is 22.9. The largest absolute Gasteiger partial charge is 0.489 e. The van der Waals surface area contributed by atoms with Gasteiger partial charge in [-0.3, -0.25) is 4.79 Å². The Labute approximate surface area is 228 Å². The van der Waals surface area contributed by atoms with Crippen LogP contribution in [0.5, 0.6) is 5.75 Å². The van der Waals surface area contributed by atoms with E-state index in [1.807, 2.05) is 6.20 Å². The highest BCUT2D eigenvalue weighted by molar-refractivity contribution is 6.33. The Bertz CT molecular complexity index is 1310. The minimum Gasteiger partial charge on any atom is -0.489 e. The van der Waals surface area contributed by atoms with Gasteiger partial charge in [0.05, 0.1) is 29.0 Å². The Morgan fingerprint density at radius 1 is 1.18 bits per heavy atom. The van der Waals surface area contributed by atoms with E-state index in [1.54, 1.807) is 41.2 Å². The molecule has 2 N–H and O–H groups in total. The molecule has 38 heavy (non-hydrogen) atoms. The predicted molar refractivity (Wildman–Crippen MR) is 145 cm³/mol. The zero-order chi connectivity index (χ0) is 27.5. The number of unbranched alkanes of at least 4 members (excludes halogenated alkanes) is 2. The number of hydrogen-bond donors (Lipinski definition) is 2. The fourth-order valence-electron chi connectivity index (χ4n) is 5.58. The first-order valence-electron chi connectivity index (χ1n) is 12.7. The fourth-order valence-corrected chi connectivity index (χ4v) is 5.79. The lowest BCUT2D eigenvalue weighted by molar-refractivity contribution is -0.164. The minimum absolute atomic E-state index is 0.145. The van der Waals surface area contributed by atoms with Crippen LogP contribution in [-0.2, 0) is 6.42 Å². The lowest BCUT2D eigenvalue weighted by Crippen LogP contribution is -2.74. The molecule has 0 bridgehead atoms. The Hall–Kier alpha value is -3.48. The van der Waals surface area contributed by atoms with E-state index in [9.17, 15) is 4.79 Å².